The Balaban J connectivity index is 2.16. The molecule has 0 bridgehead atoms. The van der Waals surface area contributed by atoms with E-state index in [-0.39, 0.29) is 5.82 Å². The molecular formula is C20H35N4O7S+. The van der Waals surface area contributed by atoms with Crippen LogP contribution in [0.5, 0.6) is 0 Å². The van der Waals surface area contributed by atoms with Crippen LogP contribution >= 0.6 is 0 Å². The number of sulfone groups is 1. The molecule has 1 fully saturated rings. The van der Waals surface area contributed by atoms with Crippen molar-refractivity contribution in [3.05, 3.63) is 11.7 Å². The lowest BCUT2D eigenvalue weighted by Gasteiger charge is -2.29. The van der Waals surface area contributed by atoms with Gasteiger partial charge in [0.05, 0.1) is 17.0 Å². The molecule has 1 saturated carbocycles. The molecule has 1 heterocycles. The van der Waals surface area contributed by atoms with E-state index in [1.54, 1.807) is 27.7 Å². The molecule has 182 valence electrons. The number of carbonyl (C=O) groups is 2. The lowest BCUT2D eigenvalue weighted by atomic mass is 10.00. The normalized spacial score (nSPS) is 17.7. The summed E-state index contributed by atoms with van der Waals surface area (Å²) in [4.78, 5) is 28.1. The summed E-state index contributed by atoms with van der Waals surface area (Å²) in [5, 5.41) is 18.9. The average Bonchev–Trinajstić information content (AvgIpc) is 3.10. The number of H-pyrrole nitrogens is 1. The Morgan fingerprint density at radius 1 is 1.28 bits per heavy atom. The fourth-order valence-electron chi connectivity index (χ4n) is 3.18. The first kappa shape index (κ1) is 26.0. The zero-order valence-electron chi connectivity index (χ0n) is 19.3. The summed E-state index contributed by atoms with van der Waals surface area (Å²) in [6.45, 7) is 8.58. The maximum Gasteiger partial charge on any atom is 0.408 e. The third-order valence-corrected chi connectivity index (χ3v) is 7.52. The van der Waals surface area contributed by atoms with Crippen LogP contribution in [-0.4, -0.2) is 59.4 Å². The fraction of sp³-hybridized carbons (Fsp3) is 0.800. The summed E-state index contributed by atoms with van der Waals surface area (Å²) in [7, 11) is -3.60. The van der Waals surface area contributed by atoms with E-state index in [2.05, 4.69) is 20.8 Å². The first-order valence-corrected chi connectivity index (χ1v) is 12.6. The number of ether oxygens (including phenoxy) is 1. The van der Waals surface area contributed by atoms with Gasteiger partial charge >= 0.3 is 17.8 Å². The van der Waals surface area contributed by atoms with Crippen molar-refractivity contribution in [1.29, 1.82) is 0 Å². The van der Waals surface area contributed by atoms with Gasteiger partial charge in [-0.15, -0.1) is 0 Å². The molecular weight excluding hydrogens is 440 g/mol. The SMILES string of the molecule is CCc1[nH+]c(C(O)[C@H](CC)NC(=O)[C@H](CS(=O)(=O)C2CCC2)NC(=O)OC(C)(C)C)no1. The minimum absolute atomic E-state index is 0.146. The van der Waals surface area contributed by atoms with Crippen molar-refractivity contribution in [2.75, 3.05) is 5.75 Å². The maximum absolute atomic E-state index is 13.0. The molecule has 1 aromatic rings. The topological polar surface area (TPSA) is 162 Å². The van der Waals surface area contributed by atoms with Gasteiger partial charge in [-0.3, -0.25) is 4.79 Å². The van der Waals surface area contributed by atoms with Gasteiger partial charge in [0.15, 0.2) is 21.1 Å². The minimum atomic E-state index is -3.60. The minimum Gasteiger partial charge on any atom is -0.444 e. The highest BCUT2D eigenvalue weighted by Gasteiger charge is 2.38. The van der Waals surface area contributed by atoms with Crippen molar-refractivity contribution in [2.24, 2.45) is 0 Å². The summed E-state index contributed by atoms with van der Waals surface area (Å²) in [6.07, 6.45) is 0.666. The zero-order chi connectivity index (χ0) is 24.1. The van der Waals surface area contributed by atoms with E-state index in [4.69, 9.17) is 9.26 Å². The second kappa shape index (κ2) is 10.6. The van der Waals surface area contributed by atoms with E-state index in [0.29, 0.717) is 31.6 Å². The Morgan fingerprint density at radius 2 is 1.94 bits per heavy atom. The van der Waals surface area contributed by atoms with Crippen LogP contribution in [0.4, 0.5) is 4.79 Å². The second-order valence-corrected chi connectivity index (χ2v) is 11.3. The third kappa shape index (κ3) is 7.16. The number of amides is 2. The number of aliphatic hydroxyl groups is 1. The molecule has 0 spiro atoms. The largest absolute Gasteiger partial charge is 0.444 e. The Labute approximate surface area is 188 Å². The molecule has 1 unspecified atom stereocenters. The zero-order valence-corrected chi connectivity index (χ0v) is 20.1. The second-order valence-electron chi connectivity index (χ2n) is 9.02. The van der Waals surface area contributed by atoms with E-state index in [1.807, 2.05) is 6.92 Å². The van der Waals surface area contributed by atoms with Gasteiger partial charge in [-0.05, 0) is 40.0 Å². The van der Waals surface area contributed by atoms with Crippen LogP contribution in [0.1, 0.15) is 78.1 Å². The van der Waals surface area contributed by atoms with E-state index in [0.717, 1.165) is 6.42 Å². The molecule has 3 atom stereocenters. The molecule has 32 heavy (non-hydrogen) atoms. The highest BCUT2D eigenvalue weighted by atomic mass is 32.2. The predicted molar refractivity (Wildman–Crippen MR) is 114 cm³/mol. The average molecular weight is 476 g/mol. The van der Waals surface area contributed by atoms with Crippen LogP contribution < -0.4 is 15.6 Å². The van der Waals surface area contributed by atoms with Crippen LogP contribution in [0.2, 0.25) is 0 Å². The lowest BCUT2D eigenvalue weighted by molar-refractivity contribution is -0.417. The molecule has 11 nitrogen and oxygen atoms in total. The number of aryl methyl sites for hydroxylation is 1. The van der Waals surface area contributed by atoms with E-state index in [9.17, 15) is 23.1 Å². The number of hydrogen-bond acceptors (Lipinski definition) is 8. The van der Waals surface area contributed by atoms with Crippen molar-refractivity contribution < 1.29 is 37.4 Å². The number of carbonyl (C=O) groups excluding carboxylic acids is 2. The van der Waals surface area contributed by atoms with Gasteiger partial charge in [0.2, 0.25) is 5.91 Å². The van der Waals surface area contributed by atoms with Crippen molar-refractivity contribution in [3.63, 3.8) is 0 Å². The number of hydrogen-bond donors (Lipinski definition) is 3. The fourth-order valence-corrected chi connectivity index (χ4v) is 5.21. The number of alkyl carbamates (subject to hydrolysis) is 1. The van der Waals surface area contributed by atoms with Gasteiger partial charge in [-0.2, -0.15) is 0 Å². The van der Waals surface area contributed by atoms with Crippen molar-refractivity contribution in [1.82, 2.24) is 15.8 Å². The Kier molecular flexibility index (Phi) is 8.63. The number of nitrogens with one attached hydrogen (secondary N) is 3. The van der Waals surface area contributed by atoms with Crippen LogP contribution in [0.15, 0.2) is 4.52 Å². The molecule has 0 aliphatic heterocycles. The monoisotopic (exact) mass is 475 g/mol. The molecule has 4 N–H and O–H groups in total. The van der Waals surface area contributed by atoms with E-state index < -0.39 is 56.6 Å². The van der Waals surface area contributed by atoms with Crippen molar-refractivity contribution in [3.8, 4) is 0 Å². The molecule has 2 amide bonds. The Morgan fingerprint density at radius 3 is 2.41 bits per heavy atom. The molecule has 1 aliphatic rings. The first-order chi connectivity index (χ1) is 14.9. The van der Waals surface area contributed by atoms with Crippen LogP contribution in [-0.2, 0) is 25.8 Å². The Bertz CT molecular complexity index is 890. The highest BCUT2D eigenvalue weighted by Crippen LogP contribution is 2.27. The van der Waals surface area contributed by atoms with E-state index in [1.165, 1.54) is 0 Å². The molecule has 2 rings (SSSR count). The maximum atomic E-state index is 13.0. The van der Waals surface area contributed by atoms with Gasteiger partial charge in [-0.1, -0.05) is 20.3 Å². The number of aromatic nitrogens is 2. The van der Waals surface area contributed by atoms with Crippen LogP contribution in [0.25, 0.3) is 0 Å². The molecule has 1 aromatic heterocycles. The van der Waals surface area contributed by atoms with Gasteiger partial charge in [0, 0.05) is 6.42 Å². The van der Waals surface area contributed by atoms with Crippen LogP contribution in [0.3, 0.4) is 0 Å². The number of aromatic amines is 1. The lowest BCUT2D eigenvalue weighted by Crippen LogP contribution is -2.55. The summed E-state index contributed by atoms with van der Waals surface area (Å²) < 4.78 is 35.6. The molecule has 12 heteroatoms. The van der Waals surface area contributed by atoms with Gasteiger partial charge in [-0.25, -0.2) is 22.7 Å². The van der Waals surface area contributed by atoms with Crippen molar-refractivity contribution >= 4 is 21.8 Å². The predicted octanol–water partition coefficient (Wildman–Crippen LogP) is 0.840. The molecule has 0 saturated heterocycles. The number of rotatable bonds is 10. The highest BCUT2D eigenvalue weighted by molar-refractivity contribution is 7.92. The summed E-state index contributed by atoms with van der Waals surface area (Å²) in [5.41, 5.74) is -0.820. The van der Waals surface area contributed by atoms with Gasteiger partial charge in [0.25, 0.3) is 0 Å². The molecule has 0 radical (unpaired) electrons. The summed E-state index contributed by atoms with van der Waals surface area (Å²) >= 11 is 0. The number of nitrogens with zero attached hydrogens (tertiary/aromatic N) is 1. The van der Waals surface area contributed by atoms with Crippen LogP contribution in [0, 0.1) is 0 Å². The quantitative estimate of drug-likeness (QED) is 0.448. The third-order valence-electron chi connectivity index (χ3n) is 5.24. The summed E-state index contributed by atoms with van der Waals surface area (Å²) in [5.74, 6) is -0.668. The Hall–Kier alpha value is -2.21. The van der Waals surface area contributed by atoms with Crippen molar-refractivity contribution in [2.45, 2.75) is 95.8 Å². The van der Waals surface area contributed by atoms with E-state index >= 15 is 0 Å². The van der Waals surface area contributed by atoms with Gasteiger partial charge < -0.3 is 20.5 Å². The standard InChI is InChI=1S/C20H34N4O7S/c1-6-13(16(25)17-23-15(7-2)31-24-17)21-18(26)14(22-19(27)30-20(3,4)5)11-32(28,29)12-9-8-10-12/h12-14,16,25H,6-11H2,1-5H3,(H,21,26)(H,22,27)/p+1/t13-,14-,16?/m0/s1. The first-order valence-electron chi connectivity index (χ1n) is 10.9. The summed E-state index contributed by atoms with van der Waals surface area (Å²) in [6, 6.07) is -2.16. The number of aliphatic hydroxyl groups excluding tert-OH is 1. The smallest absolute Gasteiger partial charge is 0.408 e. The molecule has 0 aromatic carbocycles. The molecule has 1 aliphatic carbocycles. The van der Waals surface area contributed by atoms with Gasteiger partial charge in [0.1, 0.15) is 11.6 Å².